The maximum atomic E-state index is 13.1. The molecule has 3 aromatic carbocycles. The zero-order chi connectivity index (χ0) is 24.8. The third-order valence-electron chi connectivity index (χ3n) is 4.72. The number of carbonyl (C=O) groups excluding carboxylic acids is 2. The number of aryl methyl sites for hydroxylation is 1. The monoisotopic (exact) mass is 543 g/mol. The van der Waals surface area contributed by atoms with Gasteiger partial charge >= 0.3 is 0 Å². The molecule has 0 aliphatic rings. The Kier molecular flexibility index (Phi) is 8.04. The summed E-state index contributed by atoms with van der Waals surface area (Å²) in [4.78, 5) is 36.6. The highest BCUT2D eigenvalue weighted by atomic mass is 79.9. The fraction of sp³-hybridized carbons (Fsp3) is 0.0833. The van der Waals surface area contributed by atoms with Crippen LogP contribution in [0, 0.1) is 17.0 Å². The number of ether oxygens (including phenoxy) is 1. The molecule has 0 aromatic heterocycles. The summed E-state index contributed by atoms with van der Waals surface area (Å²) in [6.07, 6.45) is 1.35. The molecule has 174 valence electrons. The molecule has 34 heavy (non-hydrogen) atoms. The fourth-order valence-electron chi connectivity index (χ4n) is 2.97. The van der Waals surface area contributed by atoms with Gasteiger partial charge in [-0.15, -0.1) is 0 Å². The van der Waals surface area contributed by atoms with Crippen molar-refractivity contribution in [1.29, 1.82) is 0 Å². The summed E-state index contributed by atoms with van der Waals surface area (Å²) < 4.78 is 5.97. The second-order valence-corrected chi connectivity index (χ2v) is 8.39. The van der Waals surface area contributed by atoms with Gasteiger partial charge in [0.05, 0.1) is 22.6 Å². The van der Waals surface area contributed by atoms with Gasteiger partial charge in [0.25, 0.3) is 17.5 Å². The number of rotatable bonds is 7. The molecule has 3 aromatic rings. The van der Waals surface area contributed by atoms with Gasteiger partial charge in [0, 0.05) is 22.3 Å². The van der Waals surface area contributed by atoms with Gasteiger partial charge in [0.2, 0.25) is 0 Å². The Labute approximate surface area is 208 Å². The van der Waals surface area contributed by atoms with E-state index in [2.05, 4.69) is 26.6 Å². The van der Waals surface area contributed by atoms with Crippen LogP contribution in [0.2, 0.25) is 5.02 Å². The summed E-state index contributed by atoms with van der Waals surface area (Å²) >= 11 is 9.61. The third kappa shape index (κ3) is 6.21. The summed E-state index contributed by atoms with van der Waals surface area (Å²) in [6.45, 7) is 1.87. The average molecular weight is 545 g/mol. The number of benzene rings is 3. The summed E-state index contributed by atoms with van der Waals surface area (Å²) in [5.41, 5.74) is 1.61. The van der Waals surface area contributed by atoms with Gasteiger partial charge in [-0.25, -0.2) is 0 Å². The number of hydrogen-bond donors (Lipinski definition) is 2. The van der Waals surface area contributed by atoms with Crippen LogP contribution in [0.15, 0.2) is 70.8 Å². The Morgan fingerprint density at radius 2 is 1.88 bits per heavy atom. The second-order valence-electron chi connectivity index (χ2n) is 7.13. The number of carbonyl (C=O) groups is 2. The van der Waals surface area contributed by atoms with Crippen LogP contribution in [-0.2, 0) is 4.79 Å². The number of anilines is 1. The number of amides is 2. The predicted octanol–water partition coefficient (Wildman–Crippen LogP) is 5.74. The molecular weight excluding hydrogens is 526 g/mol. The van der Waals surface area contributed by atoms with E-state index in [9.17, 15) is 19.7 Å². The number of nitro benzene ring substituents is 1. The average Bonchev–Trinajstić information content (AvgIpc) is 2.80. The lowest BCUT2D eigenvalue weighted by atomic mass is 10.1. The van der Waals surface area contributed by atoms with Gasteiger partial charge < -0.3 is 15.4 Å². The molecular formula is C24H19BrClN3O5. The zero-order valence-corrected chi connectivity index (χ0v) is 20.4. The molecule has 0 fully saturated rings. The Morgan fingerprint density at radius 3 is 2.53 bits per heavy atom. The molecule has 0 unspecified atom stereocenters. The van der Waals surface area contributed by atoms with E-state index >= 15 is 0 Å². The van der Waals surface area contributed by atoms with Crippen molar-refractivity contribution in [3.8, 4) is 5.75 Å². The van der Waals surface area contributed by atoms with Gasteiger partial charge in [0.15, 0.2) is 0 Å². The van der Waals surface area contributed by atoms with Gasteiger partial charge in [-0.05, 0) is 60.5 Å². The van der Waals surface area contributed by atoms with Crippen LogP contribution in [0.4, 0.5) is 11.4 Å². The molecule has 10 heteroatoms. The molecule has 0 radical (unpaired) electrons. The number of hydrogen-bond acceptors (Lipinski definition) is 5. The Bertz CT molecular complexity index is 1310. The van der Waals surface area contributed by atoms with E-state index in [-0.39, 0.29) is 22.0 Å². The number of nitro groups is 1. The fourth-order valence-corrected chi connectivity index (χ4v) is 3.47. The summed E-state index contributed by atoms with van der Waals surface area (Å²) in [7, 11) is 1.47. The first-order chi connectivity index (χ1) is 16.2. The Balaban J connectivity index is 1.96. The van der Waals surface area contributed by atoms with Crippen molar-refractivity contribution in [1.82, 2.24) is 5.32 Å². The number of nitrogens with zero attached hydrogens (tertiary/aromatic N) is 1. The first kappa shape index (κ1) is 24.9. The van der Waals surface area contributed by atoms with E-state index in [4.69, 9.17) is 16.3 Å². The molecule has 3 rings (SSSR count). The number of methoxy groups -OCH3 is 1. The van der Waals surface area contributed by atoms with E-state index in [0.29, 0.717) is 17.0 Å². The largest absolute Gasteiger partial charge is 0.497 e. The number of nitrogens with one attached hydrogen (secondary N) is 2. The molecule has 0 atom stereocenters. The molecule has 8 nitrogen and oxygen atoms in total. The Morgan fingerprint density at radius 1 is 1.12 bits per heavy atom. The normalized spacial score (nSPS) is 11.0. The van der Waals surface area contributed by atoms with Gasteiger partial charge in [0.1, 0.15) is 11.4 Å². The van der Waals surface area contributed by atoms with Crippen LogP contribution in [0.1, 0.15) is 21.5 Å². The molecule has 0 saturated heterocycles. The predicted molar refractivity (Wildman–Crippen MR) is 134 cm³/mol. The first-order valence-corrected chi connectivity index (χ1v) is 11.0. The van der Waals surface area contributed by atoms with Crippen LogP contribution in [0.25, 0.3) is 6.08 Å². The molecule has 2 amide bonds. The van der Waals surface area contributed by atoms with E-state index in [1.165, 1.54) is 43.5 Å². The van der Waals surface area contributed by atoms with Crippen LogP contribution >= 0.6 is 27.5 Å². The smallest absolute Gasteiger partial charge is 0.272 e. The van der Waals surface area contributed by atoms with Crippen molar-refractivity contribution in [3.63, 3.8) is 0 Å². The topological polar surface area (TPSA) is 111 Å². The van der Waals surface area contributed by atoms with Crippen molar-refractivity contribution in [3.05, 3.63) is 103 Å². The van der Waals surface area contributed by atoms with Crippen molar-refractivity contribution in [2.45, 2.75) is 6.92 Å². The molecule has 2 N–H and O–H groups in total. The summed E-state index contributed by atoms with van der Waals surface area (Å²) in [5.74, 6) is -0.782. The minimum atomic E-state index is -0.633. The van der Waals surface area contributed by atoms with Crippen molar-refractivity contribution in [2.24, 2.45) is 0 Å². The minimum Gasteiger partial charge on any atom is -0.497 e. The number of non-ortho nitro benzene ring substituents is 1. The minimum absolute atomic E-state index is 0.125. The third-order valence-corrected chi connectivity index (χ3v) is 5.92. The number of halogens is 2. The lowest BCUT2D eigenvalue weighted by molar-refractivity contribution is -0.384. The van der Waals surface area contributed by atoms with Crippen LogP contribution in [0.5, 0.6) is 5.75 Å². The SMILES string of the molecule is COc1ccc(C(=O)N/C(=C/c2cccc([N+](=O)[O-])c2)C(=O)Nc2ccc(Br)c(C)c2)c(Cl)c1. The summed E-state index contributed by atoms with van der Waals surface area (Å²) in [5, 5.41) is 16.6. The van der Waals surface area contributed by atoms with Gasteiger partial charge in [-0.3, -0.25) is 19.7 Å². The molecule has 0 bridgehead atoms. The van der Waals surface area contributed by atoms with Gasteiger partial charge in [-0.1, -0.05) is 39.7 Å². The maximum absolute atomic E-state index is 13.1. The van der Waals surface area contributed by atoms with Crippen molar-refractivity contribution >= 4 is 56.8 Å². The summed E-state index contributed by atoms with van der Waals surface area (Å²) in [6, 6.07) is 15.4. The first-order valence-electron chi connectivity index (χ1n) is 9.86. The Hall–Kier alpha value is -3.69. The highest BCUT2D eigenvalue weighted by Crippen LogP contribution is 2.24. The quantitative estimate of drug-likeness (QED) is 0.224. The lowest BCUT2D eigenvalue weighted by Crippen LogP contribution is -2.31. The molecule has 0 saturated carbocycles. The van der Waals surface area contributed by atoms with Crippen molar-refractivity contribution < 1.29 is 19.2 Å². The zero-order valence-electron chi connectivity index (χ0n) is 18.1. The molecule has 0 heterocycles. The van der Waals surface area contributed by atoms with E-state index in [1.807, 2.05) is 6.92 Å². The van der Waals surface area contributed by atoms with E-state index in [1.54, 1.807) is 30.3 Å². The highest BCUT2D eigenvalue weighted by molar-refractivity contribution is 9.10. The second kappa shape index (κ2) is 11.0. The molecule has 0 aliphatic heterocycles. The van der Waals surface area contributed by atoms with Crippen LogP contribution in [-0.4, -0.2) is 23.8 Å². The molecule has 0 aliphatic carbocycles. The van der Waals surface area contributed by atoms with Crippen LogP contribution < -0.4 is 15.4 Å². The van der Waals surface area contributed by atoms with Crippen molar-refractivity contribution in [2.75, 3.05) is 12.4 Å². The molecule has 0 spiro atoms. The standard InChI is InChI=1S/C24H19BrClN3O5/c1-14-10-16(6-9-20(14)25)27-24(31)22(12-15-4-3-5-17(11-15)29(32)33)28-23(30)19-8-7-18(34-2)13-21(19)26/h3-13H,1-2H3,(H,27,31)(H,28,30)/b22-12+. The van der Waals surface area contributed by atoms with E-state index < -0.39 is 16.7 Å². The highest BCUT2D eigenvalue weighted by Gasteiger charge is 2.18. The van der Waals surface area contributed by atoms with Gasteiger partial charge in [-0.2, -0.15) is 0 Å². The lowest BCUT2D eigenvalue weighted by Gasteiger charge is -2.13. The maximum Gasteiger partial charge on any atom is 0.272 e. The van der Waals surface area contributed by atoms with E-state index in [0.717, 1.165) is 10.0 Å². The van der Waals surface area contributed by atoms with Crippen LogP contribution in [0.3, 0.4) is 0 Å².